The first kappa shape index (κ1) is 29.0. The van der Waals surface area contributed by atoms with Crippen molar-refractivity contribution in [3.8, 4) is 11.8 Å². The zero-order valence-electron chi connectivity index (χ0n) is 22.7. The second-order valence-electron chi connectivity index (χ2n) is 10.4. The molecule has 1 aromatic heterocycles. The molecule has 4 aliphatic heterocycles. The van der Waals surface area contributed by atoms with E-state index in [1.165, 1.54) is 0 Å². The molecule has 0 aliphatic carbocycles. The summed E-state index contributed by atoms with van der Waals surface area (Å²) < 4.78 is 49.0. The first-order valence-corrected chi connectivity index (χ1v) is 13.1. The lowest BCUT2D eigenvalue weighted by atomic mass is 9.93. The fourth-order valence-corrected chi connectivity index (χ4v) is 3.91. The number of ether oxygens (including phenoxy) is 2. The third-order valence-electron chi connectivity index (χ3n) is 6.12. The van der Waals surface area contributed by atoms with Crippen LogP contribution in [0.5, 0.6) is 11.8 Å². The minimum absolute atomic E-state index is 0.000461. The van der Waals surface area contributed by atoms with Crippen molar-refractivity contribution < 1.29 is 22.6 Å². The molecular formula is C29H35F3N6O2. The van der Waals surface area contributed by atoms with E-state index < -0.39 is 12.8 Å². The van der Waals surface area contributed by atoms with Crippen molar-refractivity contribution in [2.45, 2.75) is 33.0 Å². The van der Waals surface area contributed by atoms with Gasteiger partial charge in [-0.05, 0) is 53.8 Å². The fraction of sp³-hybridized carbons (Fsp3) is 0.379. The first-order valence-electron chi connectivity index (χ1n) is 13.1. The van der Waals surface area contributed by atoms with Gasteiger partial charge in [-0.25, -0.2) is 0 Å². The van der Waals surface area contributed by atoms with Crippen molar-refractivity contribution in [1.29, 1.82) is 0 Å². The lowest BCUT2D eigenvalue weighted by molar-refractivity contribution is -0.154. The molecule has 11 heteroatoms. The molecule has 0 spiro atoms. The van der Waals surface area contributed by atoms with E-state index in [0.29, 0.717) is 24.7 Å². The molecule has 214 valence electrons. The van der Waals surface area contributed by atoms with Gasteiger partial charge in [-0.1, -0.05) is 44.7 Å². The highest BCUT2D eigenvalue weighted by molar-refractivity contribution is 5.66. The second kappa shape index (κ2) is 12.9. The number of nitrogens with one attached hydrogen (secondary N) is 4. The zero-order chi connectivity index (χ0) is 28.6. The number of aromatic nitrogens is 2. The number of anilines is 3. The number of hydrogen-bond donors (Lipinski definition) is 4. The van der Waals surface area contributed by atoms with Crippen molar-refractivity contribution in [3.05, 3.63) is 72.3 Å². The summed E-state index contributed by atoms with van der Waals surface area (Å²) in [5.74, 6) is 1.36. The van der Waals surface area contributed by atoms with Gasteiger partial charge in [0.2, 0.25) is 0 Å². The Morgan fingerprint density at radius 2 is 1.70 bits per heavy atom. The van der Waals surface area contributed by atoms with Crippen molar-refractivity contribution in [3.63, 3.8) is 0 Å². The van der Waals surface area contributed by atoms with Gasteiger partial charge < -0.3 is 30.7 Å². The highest BCUT2D eigenvalue weighted by atomic mass is 19.4. The number of benzene rings is 2. The van der Waals surface area contributed by atoms with E-state index in [1.54, 1.807) is 6.07 Å². The van der Waals surface area contributed by atoms with Crippen LogP contribution in [0, 0.1) is 5.41 Å². The third-order valence-corrected chi connectivity index (χ3v) is 6.12. The van der Waals surface area contributed by atoms with Crippen LogP contribution in [-0.2, 0) is 6.54 Å². The Bertz CT molecular complexity index is 1260. The van der Waals surface area contributed by atoms with Gasteiger partial charge in [0.1, 0.15) is 17.4 Å². The van der Waals surface area contributed by atoms with Crippen LogP contribution >= 0.6 is 0 Å². The topological polar surface area (TPSA) is 92.4 Å². The molecule has 0 saturated carbocycles. The molecule has 6 bridgehead atoms. The summed E-state index contributed by atoms with van der Waals surface area (Å²) in [5, 5.41) is 13.2. The normalized spacial score (nSPS) is 16.6. The van der Waals surface area contributed by atoms with Crippen molar-refractivity contribution in [1.82, 2.24) is 20.6 Å². The van der Waals surface area contributed by atoms with E-state index in [1.807, 2.05) is 48.5 Å². The molecule has 0 fully saturated rings. The Balaban J connectivity index is 1.56. The van der Waals surface area contributed by atoms with E-state index >= 15 is 0 Å². The summed E-state index contributed by atoms with van der Waals surface area (Å²) in [5.41, 5.74) is 3.36. The monoisotopic (exact) mass is 556 g/mol. The Morgan fingerprint density at radius 1 is 0.975 bits per heavy atom. The van der Waals surface area contributed by atoms with Crippen LogP contribution < -0.4 is 30.7 Å². The quantitative estimate of drug-likeness (QED) is 0.318. The SMILES string of the molecule is C=C1NCC(C)(C)CNCCCOc2ccc(cc2)CNc2cc(nc(OCC(F)(F)F)n2)Nc2ccc1cc2. The fourth-order valence-electron chi connectivity index (χ4n) is 3.91. The Labute approximate surface area is 232 Å². The molecule has 0 radical (unpaired) electrons. The van der Waals surface area contributed by atoms with Gasteiger partial charge in [-0.15, -0.1) is 0 Å². The van der Waals surface area contributed by atoms with Crippen LogP contribution in [0.4, 0.5) is 30.5 Å². The molecular weight excluding hydrogens is 521 g/mol. The maximum Gasteiger partial charge on any atom is 0.422 e. The Morgan fingerprint density at radius 3 is 2.42 bits per heavy atom. The summed E-state index contributed by atoms with van der Waals surface area (Å²) in [6.07, 6.45) is -3.64. The standard InChI is InChI=1S/C29H35F3N6O2/c1-20-22-7-9-23(10-8-22)36-26-15-25(37-27(38-26)40-19-29(30,31)32)34-16-21-5-11-24(12-6-21)39-14-4-13-33-17-28(2,3)18-35-20/h5-12,15,33,35H,1,4,13-14,16-19H2,2-3H3,(H2,34,36,37,38). The van der Waals surface area contributed by atoms with Gasteiger partial charge in [0.15, 0.2) is 6.61 Å². The van der Waals surface area contributed by atoms with Crippen molar-refractivity contribution in [2.75, 3.05) is 43.5 Å². The van der Waals surface area contributed by atoms with Gasteiger partial charge in [-0.3, -0.25) is 0 Å². The molecule has 0 atom stereocenters. The van der Waals surface area contributed by atoms with Crippen molar-refractivity contribution in [2.24, 2.45) is 5.41 Å². The van der Waals surface area contributed by atoms with E-state index in [9.17, 15) is 13.2 Å². The maximum atomic E-state index is 12.8. The zero-order valence-corrected chi connectivity index (χ0v) is 22.7. The number of hydrogen-bond acceptors (Lipinski definition) is 8. The lowest BCUT2D eigenvalue weighted by Gasteiger charge is -2.27. The van der Waals surface area contributed by atoms with E-state index in [0.717, 1.165) is 48.6 Å². The highest BCUT2D eigenvalue weighted by Gasteiger charge is 2.29. The van der Waals surface area contributed by atoms with Crippen LogP contribution in [0.3, 0.4) is 0 Å². The largest absolute Gasteiger partial charge is 0.494 e. The van der Waals surface area contributed by atoms with Crippen molar-refractivity contribution >= 4 is 23.0 Å². The lowest BCUT2D eigenvalue weighted by Crippen LogP contribution is -2.38. The van der Waals surface area contributed by atoms with E-state index in [4.69, 9.17) is 9.47 Å². The van der Waals surface area contributed by atoms with Gasteiger partial charge in [-0.2, -0.15) is 23.1 Å². The van der Waals surface area contributed by atoms with Crippen LogP contribution in [0.15, 0.2) is 61.2 Å². The number of halogens is 3. The average molecular weight is 557 g/mol. The molecule has 3 aromatic rings. The van der Waals surface area contributed by atoms with Crippen LogP contribution in [0.1, 0.15) is 31.4 Å². The number of rotatable bonds is 2. The van der Waals surface area contributed by atoms with Crippen LogP contribution in [0.2, 0.25) is 0 Å². The average Bonchev–Trinajstić information content (AvgIpc) is 2.91. The van der Waals surface area contributed by atoms with Gasteiger partial charge in [0, 0.05) is 37.1 Å². The number of nitrogens with zero attached hydrogens (tertiary/aromatic N) is 2. The third kappa shape index (κ3) is 9.33. The van der Waals surface area contributed by atoms with Gasteiger partial charge in [0.25, 0.3) is 0 Å². The predicted octanol–water partition coefficient (Wildman–Crippen LogP) is 5.73. The molecule has 0 saturated heterocycles. The molecule has 8 nitrogen and oxygen atoms in total. The summed E-state index contributed by atoms with van der Waals surface area (Å²) in [6.45, 7) is 10.4. The molecule has 2 aromatic carbocycles. The molecule has 5 heterocycles. The molecule has 4 aliphatic rings. The van der Waals surface area contributed by atoms with E-state index in [2.05, 4.69) is 51.7 Å². The molecule has 7 rings (SSSR count). The Hall–Kier alpha value is -3.99. The molecule has 40 heavy (non-hydrogen) atoms. The Kier molecular flexibility index (Phi) is 9.36. The number of alkyl halides is 3. The summed E-state index contributed by atoms with van der Waals surface area (Å²) >= 11 is 0. The van der Waals surface area contributed by atoms with Crippen LogP contribution in [-0.4, -0.2) is 49.0 Å². The summed E-state index contributed by atoms with van der Waals surface area (Å²) in [6, 6.07) is 16.4. The maximum absolute atomic E-state index is 12.8. The van der Waals surface area contributed by atoms with Crippen LogP contribution in [0.25, 0.3) is 5.70 Å². The summed E-state index contributed by atoms with van der Waals surface area (Å²) in [4.78, 5) is 8.23. The first-order chi connectivity index (χ1) is 19.0. The molecule has 0 amide bonds. The van der Waals surface area contributed by atoms with Gasteiger partial charge >= 0.3 is 12.2 Å². The minimum Gasteiger partial charge on any atom is -0.494 e. The highest BCUT2D eigenvalue weighted by Crippen LogP contribution is 2.24. The predicted molar refractivity (Wildman–Crippen MR) is 151 cm³/mol. The summed E-state index contributed by atoms with van der Waals surface area (Å²) in [7, 11) is 0. The van der Waals surface area contributed by atoms with Gasteiger partial charge in [0.05, 0.1) is 6.61 Å². The molecule has 4 N–H and O–H groups in total. The second-order valence-corrected chi connectivity index (χ2v) is 10.4. The smallest absolute Gasteiger partial charge is 0.422 e. The van der Waals surface area contributed by atoms with E-state index in [-0.39, 0.29) is 17.2 Å². The minimum atomic E-state index is -4.51. The molecule has 0 unspecified atom stereocenters.